The van der Waals surface area contributed by atoms with Crippen molar-refractivity contribution in [1.29, 1.82) is 0 Å². The van der Waals surface area contributed by atoms with Crippen LogP contribution >= 0.6 is 0 Å². The molecule has 2 heteroatoms. The number of ether oxygens (including phenoxy) is 2. The van der Waals surface area contributed by atoms with Gasteiger partial charge in [0.1, 0.15) is 25.2 Å². The normalized spacial score (nSPS) is 16.5. The summed E-state index contributed by atoms with van der Waals surface area (Å²) < 4.78 is 11.4. The van der Waals surface area contributed by atoms with Gasteiger partial charge in [-0.3, -0.25) is 0 Å². The van der Waals surface area contributed by atoms with E-state index < -0.39 is 0 Å². The third-order valence-electron chi connectivity index (χ3n) is 5.04. The Kier molecular flexibility index (Phi) is 4.74. The molecule has 0 N–H and O–H groups in total. The van der Waals surface area contributed by atoms with E-state index in [0.29, 0.717) is 6.61 Å². The van der Waals surface area contributed by atoms with E-state index in [-0.39, 0.29) is 11.5 Å². The van der Waals surface area contributed by atoms with Crippen molar-refractivity contribution in [3.8, 4) is 0 Å². The first-order valence-electron chi connectivity index (χ1n) is 8.98. The van der Waals surface area contributed by atoms with Crippen LogP contribution in [-0.4, -0.2) is 12.7 Å². The highest BCUT2D eigenvalue weighted by atomic mass is 16.6. The number of benzene rings is 3. The van der Waals surface area contributed by atoms with Crippen LogP contribution in [0.15, 0.2) is 104 Å². The fourth-order valence-electron chi connectivity index (χ4n) is 3.85. The molecule has 0 saturated heterocycles. The molecule has 0 fully saturated rings. The Labute approximate surface area is 154 Å². The van der Waals surface area contributed by atoms with Gasteiger partial charge in [0.2, 0.25) is 0 Å². The predicted octanol–water partition coefficient (Wildman–Crippen LogP) is 5.30. The molecule has 0 aliphatic carbocycles. The molecule has 1 heterocycles. The molecule has 4 rings (SSSR count). The van der Waals surface area contributed by atoms with Gasteiger partial charge in [0, 0.05) is 11.8 Å². The topological polar surface area (TPSA) is 18.5 Å². The molecule has 3 aromatic carbocycles. The Morgan fingerprint density at radius 1 is 0.654 bits per heavy atom. The van der Waals surface area contributed by atoms with Crippen molar-refractivity contribution in [2.45, 2.75) is 17.9 Å². The molecule has 0 amide bonds. The van der Waals surface area contributed by atoms with Crippen LogP contribution in [0.5, 0.6) is 0 Å². The van der Waals surface area contributed by atoms with E-state index in [2.05, 4.69) is 91.0 Å². The standard InChI is InChI=1S/C24H22O2/c1-4-10-20(11-5-1)24(21-12-6-2-7-13-21,22-14-8-3-9-15-22)18-23-19-25-16-17-26-23/h1-17,23H,18-19H2. The first-order chi connectivity index (χ1) is 12.9. The Morgan fingerprint density at radius 3 is 1.50 bits per heavy atom. The molecule has 2 nitrogen and oxygen atoms in total. The Balaban J connectivity index is 1.92. The summed E-state index contributed by atoms with van der Waals surface area (Å²) >= 11 is 0. The zero-order chi connectivity index (χ0) is 17.7. The summed E-state index contributed by atoms with van der Waals surface area (Å²) in [4.78, 5) is 0. The summed E-state index contributed by atoms with van der Waals surface area (Å²) in [6, 6.07) is 32.1. The fourth-order valence-corrected chi connectivity index (χ4v) is 3.85. The molecule has 1 aliphatic heterocycles. The number of hydrogen-bond acceptors (Lipinski definition) is 2. The molecule has 0 radical (unpaired) electrons. The van der Waals surface area contributed by atoms with Gasteiger partial charge in [0.05, 0.1) is 0 Å². The van der Waals surface area contributed by atoms with Gasteiger partial charge in [0.15, 0.2) is 0 Å². The zero-order valence-corrected chi connectivity index (χ0v) is 14.6. The van der Waals surface area contributed by atoms with Gasteiger partial charge in [-0.15, -0.1) is 0 Å². The van der Waals surface area contributed by atoms with Gasteiger partial charge in [-0.2, -0.15) is 0 Å². The monoisotopic (exact) mass is 342 g/mol. The lowest BCUT2D eigenvalue weighted by Gasteiger charge is -2.38. The molecular weight excluding hydrogens is 320 g/mol. The van der Waals surface area contributed by atoms with Crippen LogP contribution in [0.1, 0.15) is 23.1 Å². The average molecular weight is 342 g/mol. The van der Waals surface area contributed by atoms with Gasteiger partial charge in [0.25, 0.3) is 0 Å². The van der Waals surface area contributed by atoms with E-state index in [9.17, 15) is 0 Å². The molecular formula is C24H22O2. The highest BCUT2D eigenvalue weighted by molar-refractivity contribution is 5.50. The maximum atomic E-state index is 5.89. The Bertz CT molecular complexity index is 744. The molecule has 0 aromatic heterocycles. The van der Waals surface area contributed by atoms with Gasteiger partial charge in [-0.05, 0) is 16.7 Å². The highest BCUT2D eigenvalue weighted by Gasteiger charge is 2.39. The molecule has 1 unspecified atom stereocenters. The molecule has 1 aliphatic rings. The second kappa shape index (κ2) is 7.49. The van der Waals surface area contributed by atoms with Crippen molar-refractivity contribution in [2.75, 3.05) is 6.61 Å². The van der Waals surface area contributed by atoms with Crippen molar-refractivity contribution >= 4 is 0 Å². The van der Waals surface area contributed by atoms with Crippen LogP contribution in [-0.2, 0) is 14.9 Å². The smallest absolute Gasteiger partial charge is 0.133 e. The van der Waals surface area contributed by atoms with E-state index in [1.807, 2.05) is 0 Å². The summed E-state index contributed by atoms with van der Waals surface area (Å²) in [5.41, 5.74) is 3.48. The molecule has 26 heavy (non-hydrogen) atoms. The second-order valence-corrected chi connectivity index (χ2v) is 6.57. The summed E-state index contributed by atoms with van der Waals surface area (Å²) in [5, 5.41) is 0. The Morgan fingerprint density at radius 2 is 1.12 bits per heavy atom. The lowest BCUT2D eigenvalue weighted by molar-refractivity contribution is 0.0208. The minimum Gasteiger partial charge on any atom is -0.494 e. The van der Waals surface area contributed by atoms with Crippen LogP contribution < -0.4 is 0 Å². The minimum atomic E-state index is -0.303. The SMILES string of the molecule is C1=COC(CC(c2ccccc2)(c2ccccc2)c2ccccc2)CO1. The lowest BCUT2D eigenvalue weighted by atomic mass is 9.66. The fraction of sp³-hybridized carbons (Fsp3) is 0.167. The quantitative estimate of drug-likeness (QED) is 0.586. The first-order valence-corrected chi connectivity index (χ1v) is 8.98. The first kappa shape index (κ1) is 16.5. The third-order valence-corrected chi connectivity index (χ3v) is 5.04. The maximum absolute atomic E-state index is 5.89. The van der Waals surface area contributed by atoms with Crippen LogP contribution in [0.2, 0.25) is 0 Å². The largest absolute Gasteiger partial charge is 0.494 e. The highest BCUT2D eigenvalue weighted by Crippen LogP contribution is 2.43. The summed E-state index contributed by atoms with van der Waals surface area (Å²) in [6.07, 6.45) is 4.06. The van der Waals surface area contributed by atoms with Crippen molar-refractivity contribution in [1.82, 2.24) is 0 Å². The Hall–Kier alpha value is -3.00. The average Bonchev–Trinajstić information content (AvgIpc) is 2.75. The lowest BCUT2D eigenvalue weighted by Crippen LogP contribution is -2.36. The summed E-state index contributed by atoms with van der Waals surface area (Å²) in [5.74, 6) is 0. The van der Waals surface area contributed by atoms with Crippen LogP contribution in [0.4, 0.5) is 0 Å². The molecule has 0 saturated carbocycles. The van der Waals surface area contributed by atoms with Gasteiger partial charge in [-0.1, -0.05) is 91.0 Å². The van der Waals surface area contributed by atoms with E-state index in [0.717, 1.165) is 6.42 Å². The van der Waals surface area contributed by atoms with E-state index in [1.54, 1.807) is 12.5 Å². The third kappa shape index (κ3) is 3.11. The van der Waals surface area contributed by atoms with Crippen molar-refractivity contribution < 1.29 is 9.47 Å². The predicted molar refractivity (Wildman–Crippen MR) is 104 cm³/mol. The van der Waals surface area contributed by atoms with E-state index in [1.165, 1.54) is 16.7 Å². The summed E-state index contributed by atoms with van der Waals surface area (Å²) in [6.45, 7) is 0.560. The van der Waals surface area contributed by atoms with Gasteiger partial charge < -0.3 is 9.47 Å². The van der Waals surface area contributed by atoms with Gasteiger partial charge >= 0.3 is 0 Å². The van der Waals surface area contributed by atoms with Crippen LogP contribution in [0.3, 0.4) is 0 Å². The molecule has 130 valence electrons. The van der Waals surface area contributed by atoms with E-state index >= 15 is 0 Å². The van der Waals surface area contributed by atoms with Crippen molar-refractivity contribution in [2.24, 2.45) is 0 Å². The molecule has 0 bridgehead atoms. The molecule has 1 atom stereocenters. The van der Waals surface area contributed by atoms with Crippen LogP contribution in [0.25, 0.3) is 0 Å². The van der Waals surface area contributed by atoms with Crippen molar-refractivity contribution in [3.63, 3.8) is 0 Å². The molecule has 3 aromatic rings. The number of hydrogen-bond donors (Lipinski definition) is 0. The number of rotatable bonds is 5. The minimum absolute atomic E-state index is 0.0133. The van der Waals surface area contributed by atoms with Gasteiger partial charge in [-0.25, -0.2) is 0 Å². The second-order valence-electron chi connectivity index (χ2n) is 6.57. The molecule has 0 spiro atoms. The van der Waals surface area contributed by atoms with Crippen molar-refractivity contribution in [3.05, 3.63) is 120 Å². The van der Waals surface area contributed by atoms with E-state index in [4.69, 9.17) is 9.47 Å². The van der Waals surface area contributed by atoms with Crippen LogP contribution in [0, 0.1) is 0 Å². The maximum Gasteiger partial charge on any atom is 0.133 e. The summed E-state index contributed by atoms with van der Waals surface area (Å²) in [7, 11) is 0. The zero-order valence-electron chi connectivity index (χ0n) is 14.6.